The SMILES string of the molecule is C[C@H]1CC=C(c2ccc3sc(-c4ccnn4C)nc3c2)N(C(=O)O)C1. The Bertz CT molecular complexity index is 988. The summed E-state index contributed by atoms with van der Waals surface area (Å²) in [5, 5.41) is 14.6. The highest BCUT2D eigenvalue weighted by Gasteiger charge is 2.25. The molecule has 25 heavy (non-hydrogen) atoms. The number of carboxylic acid groups (broad SMARTS) is 1. The maximum atomic E-state index is 11.6. The van der Waals surface area contributed by atoms with Gasteiger partial charge in [-0.25, -0.2) is 9.78 Å². The van der Waals surface area contributed by atoms with Gasteiger partial charge in [-0.2, -0.15) is 5.10 Å². The third-order valence-corrected chi connectivity index (χ3v) is 5.51. The van der Waals surface area contributed by atoms with Crippen LogP contribution in [0.5, 0.6) is 0 Å². The van der Waals surface area contributed by atoms with E-state index in [-0.39, 0.29) is 0 Å². The second-order valence-electron chi connectivity index (χ2n) is 6.36. The van der Waals surface area contributed by atoms with Gasteiger partial charge in [-0.3, -0.25) is 9.58 Å². The number of amides is 1. The van der Waals surface area contributed by atoms with Gasteiger partial charge in [0.1, 0.15) is 5.01 Å². The highest BCUT2D eigenvalue weighted by Crippen LogP contribution is 2.33. The van der Waals surface area contributed by atoms with Crippen LogP contribution in [-0.4, -0.2) is 37.4 Å². The van der Waals surface area contributed by atoms with E-state index in [0.717, 1.165) is 38.6 Å². The number of aromatic nitrogens is 3. The van der Waals surface area contributed by atoms with Gasteiger partial charge in [0.15, 0.2) is 0 Å². The van der Waals surface area contributed by atoms with E-state index in [1.165, 1.54) is 4.90 Å². The molecule has 0 spiro atoms. The van der Waals surface area contributed by atoms with Crippen molar-refractivity contribution in [2.45, 2.75) is 13.3 Å². The van der Waals surface area contributed by atoms with Crippen LogP contribution >= 0.6 is 11.3 Å². The molecule has 6 nitrogen and oxygen atoms in total. The Morgan fingerprint density at radius 3 is 2.92 bits per heavy atom. The lowest BCUT2D eigenvalue weighted by Gasteiger charge is -2.29. The van der Waals surface area contributed by atoms with Crippen LogP contribution in [-0.2, 0) is 7.05 Å². The molecule has 0 unspecified atom stereocenters. The summed E-state index contributed by atoms with van der Waals surface area (Å²) in [7, 11) is 1.89. The van der Waals surface area contributed by atoms with Crippen LogP contribution in [0.2, 0.25) is 0 Å². The molecule has 1 atom stereocenters. The fourth-order valence-corrected chi connectivity index (χ4v) is 4.14. The van der Waals surface area contributed by atoms with Crippen LogP contribution in [0.1, 0.15) is 18.9 Å². The molecule has 0 radical (unpaired) electrons. The molecule has 0 aliphatic carbocycles. The lowest BCUT2D eigenvalue weighted by molar-refractivity contribution is 0.159. The van der Waals surface area contributed by atoms with Gasteiger partial charge in [-0.15, -0.1) is 11.3 Å². The Hall–Kier alpha value is -2.67. The minimum absolute atomic E-state index is 0.333. The molecule has 4 rings (SSSR count). The average Bonchev–Trinajstić information content (AvgIpc) is 3.19. The van der Waals surface area contributed by atoms with Crippen molar-refractivity contribution in [1.29, 1.82) is 0 Å². The van der Waals surface area contributed by atoms with Crippen molar-refractivity contribution in [2.24, 2.45) is 13.0 Å². The van der Waals surface area contributed by atoms with E-state index in [2.05, 4.69) is 12.0 Å². The number of carbonyl (C=O) groups is 1. The van der Waals surface area contributed by atoms with Gasteiger partial charge in [-0.05, 0) is 30.5 Å². The highest BCUT2D eigenvalue weighted by molar-refractivity contribution is 7.21. The monoisotopic (exact) mass is 354 g/mol. The third kappa shape index (κ3) is 2.80. The molecule has 0 saturated heterocycles. The van der Waals surface area contributed by atoms with Gasteiger partial charge in [0.2, 0.25) is 0 Å². The molecule has 1 N–H and O–H groups in total. The average molecular weight is 354 g/mol. The van der Waals surface area contributed by atoms with Crippen molar-refractivity contribution in [1.82, 2.24) is 19.7 Å². The fourth-order valence-electron chi connectivity index (χ4n) is 3.14. The van der Waals surface area contributed by atoms with E-state index >= 15 is 0 Å². The zero-order valence-electron chi connectivity index (χ0n) is 14.0. The second-order valence-corrected chi connectivity index (χ2v) is 7.40. The molecule has 3 heterocycles. The topological polar surface area (TPSA) is 71.2 Å². The number of aryl methyl sites for hydroxylation is 1. The van der Waals surface area contributed by atoms with Gasteiger partial charge >= 0.3 is 6.09 Å². The van der Waals surface area contributed by atoms with Crippen LogP contribution in [0.15, 0.2) is 36.5 Å². The highest BCUT2D eigenvalue weighted by atomic mass is 32.1. The summed E-state index contributed by atoms with van der Waals surface area (Å²) in [5.74, 6) is 0.333. The van der Waals surface area contributed by atoms with E-state index in [1.807, 2.05) is 37.4 Å². The van der Waals surface area contributed by atoms with E-state index in [4.69, 9.17) is 4.98 Å². The third-order valence-electron chi connectivity index (χ3n) is 4.45. The molecule has 0 bridgehead atoms. The lowest BCUT2D eigenvalue weighted by Crippen LogP contribution is -2.34. The molecule has 7 heteroatoms. The smallest absolute Gasteiger partial charge is 0.411 e. The normalized spacial score (nSPS) is 17.8. The molecule has 128 valence electrons. The largest absolute Gasteiger partial charge is 0.465 e. The number of allylic oxidation sites excluding steroid dienone is 1. The zero-order chi connectivity index (χ0) is 17.6. The molecule has 3 aromatic rings. The summed E-state index contributed by atoms with van der Waals surface area (Å²) in [6, 6.07) is 7.91. The second kappa shape index (κ2) is 6.00. The summed E-state index contributed by atoms with van der Waals surface area (Å²) < 4.78 is 2.88. The molecule has 1 aromatic carbocycles. The molecule has 0 saturated carbocycles. The standard InChI is InChI=1S/C18H18N4O2S/c1-11-3-5-14(22(10-11)18(23)24)12-4-6-16-13(9-12)20-17(25-16)15-7-8-19-21(15)2/h4-9,11H,3,10H2,1-2H3,(H,23,24)/t11-/m0/s1. The van der Waals surface area contributed by atoms with Crippen LogP contribution in [0.3, 0.4) is 0 Å². The summed E-state index contributed by atoms with van der Waals surface area (Å²) in [6.45, 7) is 2.59. The minimum atomic E-state index is -0.910. The number of thiazole rings is 1. The van der Waals surface area contributed by atoms with E-state index < -0.39 is 6.09 Å². The number of fused-ring (bicyclic) bond motifs is 1. The predicted octanol–water partition coefficient (Wildman–Crippen LogP) is 4.06. The Kier molecular flexibility index (Phi) is 3.80. The Morgan fingerprint density at radius 2 is 2.20 bits per heavy atom. The van der Waals surface area contributed by atoms with E-state index in [1.54, 1.807) is 22.2 Å². The van der Waals surface area contributed by atoms with Crippen LogP contribution in [0, 0.1) is 5.92 Å². The van der Waals surface area contributed by atoms with E-state index in [0.29, 0.717) is 12.5 Å². The molecular weight excluding hydrogens is 336 g/mol. The lowest BCUT2D eigenvalue weighted by atomic mass is 9.98. The van der Waals surface area contributed by atoms with Gasteiger partial charge in [-0.1, -0.05) is 19.1 Å². The first-order chi connectivity index (χ1) is 12.0. The van der Waals surface area contributed by atoms with E-state index in [9.17, 15) is 9.90 Å². The fraction of sp³-hybridized carbons (Fsp3) is 0.278. The maximum Gasteiger partial charge on any atom is 0.411 e. The Labute approximate surface area is 149 Å². The van der Waals surface area contributed by atoms with Crippen molar-refractivity contribution in [3.8, 4) is 10.7 Å². The number of hydrogen-bond acceptors (Lipinski definition) is 4. The Morgan fingerprint density at radius 1 is 1.36 bits per heavy atom. The van der Waals surface area contributed by atoms with Gasteiger partial charge in [0.05, 0.1) is 21.6 Å². The number of nitrogens with zero attached hydrogens (tertiary/aromatic N) is 4. The first-order valence-electron chi connectivity index (χ1n) is 8.13. The maximum absolute atomic E-state index is 11.6. The number of rotatable bonds is 2. The Balaban J connectivity index is 1.76. The van der Waals surface area contributed by atoms with Crippen molar-refractivity contribution >= 4 is 33.3 Å². The molecule has 1 amide bonds. The first-order valence-corrected chi connectivity index (χ1v) is 8.94. The summed E-state index contributed by atoms with van der Waals surface area (Å²) in [6.07, 6.45) is 3.74. The van der Waals surface area contributed by atoms with Crippen LogP contribution in [0.25, 0.3) is 26.6 Å². The molecule has 1 aliphatic rings. The molecule has 1 aliphatic heterocycles. The number of hydrogen-bond donors (Lipinski definition) is 1. The van der Waals surface area contributed by atoms with Gasteiger partial charge in [0.25, 0.3) is 0 Å². The van der Waals surface area contributed by atoms with Crippen molar-refractivity contribution in [3.63, 3.8) is 0 Å². The van der Waals surface area contributed by atoms with Gasteiger partial charge < -0.3 is 5.11 Å². The first kappa shape index (κ1) is 15.8. The molecular formula is C18H18N4O2S. The summed E-state index contributed by atoms with van der Waals surface area (Å²) >= 11 is 1.61. The van der Waals surface area contributed by atoms with Crippen molar-refractivity contribution in [2.75, 3.05) is 6.54 Å². The van der Waals surface area contributed by atoms with Crippen LogP contribution < -0.4 is 0 Å². The van der Waals surface area contributed by atoms with Crippen molar-refractivity contribution in [3.05, 3.63) is 42.1 Å². The summed E-state index contributed by atoms with van der Waals surface area (Å²) in [5.41, 5.74) is 3.50. The van der Waals surface area contributed by atoms with Crippen molar-refractivity contribution < 1.29 is 9.90 Å². The quantitative estimate of drug-likeness (QED) is 0.753. The minimum Gasteiger partial charge on any atom is -0.465 e. The van der Waals surface area contributed by atoms with Gasteiger partial charge in [0, 0.05) is 25.4 Å². The zero-order valence-corrected chi connectivity index (χ0v) is 14.8. The molecule has 2 aromatic heterocycles. The predicted molar refractivity (Wildman–Crippen MR) is 98.3 cm³/mol. The summed E-state index contributed by atoms with van der Waals surface area (Å²) in [4.78, 5) is 17.8. The number of benzene rings is 1. The molecule has 0 fully saturated rings. The van der Waals surface area contributed by atoms with Crippen LogP contribution in [0.4, 0.5) is 4.79 Å².